The number of aliphatic carboxylic acids is 2. The molecule has 0 rings (SSSR count). The van der Waals surface area contributed by atoms with Crippen molar-refractivity contribution in [3.63, 3.8) is 0 Å². The number of carboxylic acid groups (broad SMARTS) is 2. The fraction of sp³-hybridized carbons (Fsp3) is 0.889. The summed E-state index contributed by atoms with van der Waals surface area (Å²) in [6, 6.07) is 0. The molecule has 0 bridgehead atoms. The van der Waals surface area contributed by atoms with Gasteiger partial charge in [-0.1, -0.05) is 40.0 Å². The second-order valence-electron chi connectivity index (χ2n) is 7.36. The SMILES string of the molecule is CC(CCCCC(O)C(CO)C(=O)O)CC(C)CC(C)CC(=O)O. The van der Waals surface area contributed by atoms with Crippen molar-refractivity contribution < 1.29 is 30.0 Å². The van der Waals surface area contributed by atoms with E-state index in [1.807, 2.05) is 6.92 Å². The van der Waals surface area contributed by atoms with E-state index in [0.29, 0.717) is 18.3 Å². The third-order valence-electron chi connectivity index (χ3n) is 4.56. The van der Waals surface area contributed by atoms with Crippen molar-refractivity contribution >= 4 is 11.9 Å². The molecule has 0 radical (unpaired) electrons. The van der Waals surface area contributed by atoms with Gasteiger partial charge in [0.15, 0.2) is 0 Å². The van der Waals surface area contributed by atoms with E-state index in [0.717, 1.165) is 32.1 Å². The molecule has 0 aliphatic rings. The van der Waals surface area contributed by atoms with Crippen LogP contribution in [0, 0.1) is 23.7 Å². The zero-order valence-electron chi connectivity index (χ0n) is 15.1. The van der Waals surface area contributed by atoms with Crippen LogP contribution < -0.4 is 0 Å². The van der Waals surface area contributed by atoms with Crippen LogP contribution in [0.4, 0.5) is 0 Å². The number of carbonyl (C=O) groups is 2. The van der Waals surface area contributed by atoms with E-state index in [-0.39, 0.29) is 12.3 Å². The van der Waals surface area contributed by atoms with Crippen molar-refractivity contribution in [3.05, 3.63) is 0 Å². The van der Waals surface area contributed by atoms with Crippen LogP contribution in [0.15, 0.2) is 0 Å². The monoisotopic (exact) mass is 346 g/mol. The van der Waals surface area contributed by atoms with Crippen LogP contribution in [0.3, 0.4) is 0 Å². The van der Waals surface area contributed by atoms with E-state index in [1.165, 1.54) is 0 Å². The average Bonchev–Trinajstić information content (AvgIpc) is 2.42. The van der Waals surface area contributed by atoms with E-state index < -0.39 is 30.6 Å². The van der Waals surface area contributed by atoms with Crippen molar-refractivity contribution in [1.82, 2.24) is 0 Å². The molecular formula is C18H34O6. The number of carboxylic acids is 2. The first-order chi connectivity index (χ1) is 11.2. The van der Waals surface area contributed by atoms with Crippen LogP contribution in [-0.2, 0) is 9.59 Å². The Morgan fingerprint density at radius 3 is 1.92 bits per heavy atom. The van der Waals surface area contributed by atoms with Crippen LogP contribution in [0.5, 0.6) is 0 Å². The van der Waals surface area contributed by atoms with Gasteiger partial charge in [-0.3, -0.25) is 9.59 Å². The summed E-state index contributed by atoms with van der Waals surface area (Å²) in [5, 5.41) is 36.4. The quantitative estimate of drug-likeness (QED) is 0.360. The molecule has 0 aromatic rings. The summed E-state index contributed by atoms with van der Waals surface area (Å²) >= 11 is 0. The molecule has 0 aliphatic heterocycles. The maximum Gasteiger partial charge on any atom is 0.311 e. The molecule has 0 fully saturated rings. The summed E-state index contributed by atoms with van der Waals surface area (Å²) in [6.07, 6.45) is 4.20. The zero-order chi connectivity index (χ0) is 18.7. The maximum absolute atomic E-state index is 10.8. The van der Waals surface area contributed by atoms with Gasteiger partial charge in [0.1, 0.15) is 5.92 Å². The van der Waals surface area contributed by atoms with Crippen LogP contribution in [0.2, 0.25) is 0 Å². The molecule has 6 nitrogen and oxygen atoms in total. The molecule has 5 unspecified atom stereocenters. The topological polar surface area (TPSA) is 115 Å². The van der Waals surface area contributed by atoms with Gasteiger partial charge >= 0.3 is 11.9 Å². The van der Waals surface area contributed by atoms with Crippen molar-refractivity contribution in [2.45, 2.75) is 71.8 Å². The fourth-order valence-electron chi connectivity index (χ4n) is 3.38. The Bertz CT molecular complexity index is 371. The summed E-state index contributed by atoms with van der Waals surface area (Å²) in [7, 11) is 0. The molecular weight excluding hydrogens is 312 g/mol. The van der Waals surface area contributed by atoms with E-state index in [9.17, 15) is 14.7 Å². The Kier molecular flexibility index (Phi) is 11.7. The summed E-state index contributed by atoms with van der Waals surface area (Å²) in [5.74, 6) is -1.83. The first-order valence-corrected chi connectivity index (χ1v) is 8.90. The van der Waals surface area contributed by atoms with Gasteiger partial charge in [-0.05, 0) is 37.0 Å². The third-order valence-corrected chi connectivity index (χ3v) is 4.56. The summed E-state index contributed by atoms with van der Waals surface area (Å²) in [5.41, 5.74) is 0. The Labute approximate surface area is 144 Å². The minimum absolute atomic E-state index is 0.186. The summed E-state index contributed by atoms with van der Waals surface area (Å²) in [4.78, 5) is 21.5. The van der Waals surface area contributed by atoms with Gasteiger partial charge < -0.3 is 20.4 Å². The molecule has 0 amide bonds. The lowest BCUT2D eigenvalue weighted by atomic mass is 9.86. The average molecular weight is 346 g/mol. The number of aliphatic hydroxyl groups excluding tert-OH is 2. The minimum atomic E-state index is -1.16. The standard InChI is InChI=1S/C18H34O6/c1-12(8-13(2)9-14(3)10-17(21)22)6-4-5-7-16(20)15(11-19)18(23)24/h12-16,19-20H,4-11H2,1-3H3,(H,21,22)(H,23,24). The van der Waals surface area contributed by atoms with Crippen molar-refractivity contribution in [2.24, 2.45) is 23.7 Å². The molecule has 0 saturated heterocycles. The maximum atomic E-state index is 10.8. The molecule has 6 heteroatoms. The lowest BCUT2D eigenvalue weighted by Crippen LogP contribution is -2.31. The summed E-state index contributed by atoms with van der Waals surface area (Å²) in [6.45, 7) is 5.75. The molecule has 0 heterocycles. The number of rotatable bonds is 14. The largest absolute Gasteiger partial charge is 0.481 e. The van der Waals surface area contributed by atoms with Gasteiger partial charge in [-0.15, -0.1) is 0 Å². The van der Waals surface area contributed by atoms with Crippen LogP contribution in [-0.4, -0.2) is 45.1 Å². The molecule has 0 aromatic carbocycles. The highest BCUT2D eigenvalue weighted by Crippen LogP contribution is 2.25. The molecule has 0 aromatic heterocycles. The third kappa shape index (κ3) is 10.6. The molecule has 0 aliphatic carbocycles. The highest BCUT2D eigenvalue weighted by Gasteiger charge is 2.25. The molecule has 0 saturated carbocycles. The molecule has 5 atom stereocenters. The second kappa shape index (κ2) is 12.3. The van der Waals surface area contributed by atoms with Crippen LogP contribution in [0.1, 0.15) is 65.7 Å². The Morgan fingerprint density at radius 1 is 0.875 bits per heavy atom. The van der Waals surface area contributed by atoms with Crippen LogP contribution in [0.25, 0.3) is 0 Å². The Balaban J connectivity index is 3.91. The smallest absolute Gasteiger partial charge is 0.311 e. The van der Waals surface area contributed by atoms with Crippen molar-refractivity contribution in [3.8, 4) is 0 Å². The highest BCUT2D eigenvalue weighted by molar-refractivity contribution is 5.70. The fourth-order valence-corrected chi connectivity index (χ4v) is 3.38. The molecule has 24 heavy (non-hydrogen) atoms. The molecule has 4 N–H and O–H groups in total. The first-order valence-electron chi connectivity index (χ1n) is 8.90. The normalized spacial score (nSPS) is 17.7. The second-order valence-corrected chi connectivity index (χ2v) is 7.36. The van der Waals surface area contributed by atoms with Crippen molar-refractivity contribution in [2.75, 3.05) is 6.61 Å². The van der Waals surface area contributed by atoms with Crippen LogP contribution >= 0.6 is 0 Å². The predicted molar refractivity (Wildman–Crippen MR) is 91.7 cm³/mol. The number of aliphatic hydroxyl groups is 2. The van der Waals surface area contributed by atoms with Gasteiger partial charge in [0.2, 0.25) is 0 Å². The molecule has 0 spiro atoms. The Hall–Kier alpha value is -1.14. The Morgan fingerprint density at radius 2 is 1.42 bits per heavy atom. The minimum Gasteiger partial charge on any atom is -0.481 e. The zero-order valence-corrected chi connectivity index (χ0v) is 15.1. The number of hydrogen-bond acceptors (Lipinski definition) is 4. The van der Waals surface area contributed by atoms with Crippen molar-refractivity contribution in [1.29, 1.82) is 0 Å². The highest BCUT2D eigenvalue weighted by atomic mass is 16.4. The van der Waals surface area contributed by atoms with Gasteiger partial charge in [-0.25, -0.2) is 0 Å². The van der Waals surface area contributed by atoms with Gasteiger partial charge in [0, 0.05) is 6.42 Å². The van der Waals surface area contributed by atoms with E-state index in [4.69, 9.17) is 15.3 Å². The molecule has 142 valence electrons. The van der Waals surface area contributed by atoms with Gasteiger partial charge in [0.25, 0.3) is 0 Å². The number of unbranched alkanes of at least 4 members (excludes halogenated alkanes) is 1. The first kappa shape index (κ1) is 22.9. The van der Waals surface area contributed by atoms with E-state index in [2.05, 4.69) is 13.8 Å². The van der Waals surface area contributed by atoms with Gasteiger partial charge in [-0.2, -0.15) is 0 Å². The van der Waals surface area contributed by atoms with E-state index in [1.54, 1.807) is 0 Å². The van der Waals surface area contributed by atoms with E-state index >= 15 is 0 Å². The predicted octanol–water partition coefficient (Wildman–Crippen LogP) is 2.76. The number of hydrogen-bond donors (Lipinski definition) is 4. The lowest BCUT2D eigenvalue weighted by molar-refractivity contribution is -0.147. The lowest BCUT2D eigenvalue weighted by Gasteiger charge is -2.20. The van der Waals surface area contributed by atoms with Gasteiger partial charge in [0.05, 0.1) is 12.7 Å². The summed E-state index contributed by atoms with van der Waals surface area (Å²) < 4.78 is 0.